The number of hydrogen-bond donors (Lipinski definition) is 2. The zero-order valence-electron chi connectivity index (χ0n) is 15.3. The molecule has 3 aromatic rings. The van der Waals surface area contributed by atoms with Crippen LogP contribution in [0.25, 0.3) is 0 Å². The van der Waals surface area contributed by atoms with E-state index in [0.717, 1.165) is 17.0 Å². The zero-order valence-corrected chi connectivity index (χ0v) is 15.3. The lowest BCUT2D eigenvalue weighted by atomic mass is 10.2. The summed E-state index contributed by atoms with van der Waals surface area (Å²) >= 11 is 0. The third-order valence-electron chi connectivity index (χ3n) is 4.30. The van der Waals surface area contributed by atoms with Crippen LogP contribution < -0.4 is 24.8 Å². The number of carbonyl (C=O) groups excluding carboxylic acids is 1. The molecule has 0 saturated carbocycles. The molecule has 7 nitrogen and oxygen atoms in total. The summed E-state index contributed by atoms with van der Waals surface area (Å²) in [5.74, 6) is 2.25. The van der Waals surface area contributed by atoms with Crippen LogP contribution in [-0.4, -0.2) is 24.8 Å². The molecule has 0 fully saturated rings. The molecular formula is C21H19N3O4. The van der Waals surface area contributed by atoms with Gasteiger partial charge < -0.3 is 24.8 Å². The Morgan fingerprint density at radius 2 is 1.89 bits per heavy atom. The normalized spacial score (nSPS) is 11.8. The first-order chi connectivity index (χ1) is 13.7. The smallest absolute Gasteiger partial charge is 0.256 e. The molecule has 0 unspecified atom stereocenters. The summed E-state index contributed by atoms with van der Waals surface area (Å²) in [6.07, 6.45) is 1.68. The van der Waals surface area contributed by atoms with E-state index in [1.807, 2.05) is 30.3 Å². The second-order valence-corrected chi connectivity index (χ2v) is 6.16. The molecule has 0 spiro atoms. The average Bonchev–Trinajstić information content (AvgIpc) is 3.21. The minimum absolute atomic E-state index is 0.174. The van der Waals surface area contributed by atoms with Crippen LogP contribution in [0.15, 0.2) is 60.8 Å². The molecule has 1 aliphatic rings. The van der Waals surface area contributed by atoms with Gasteiger partial charge in [-0.05, 0) is 48.0 Å². The summed E-state index contributed by atoms with van der Waals surface area (Å²) < 4.78 is 15.7. The highest BCUT2D eigenvalue weighted by Gasteiger charge is 2.16. The SMILES string of the molecule is COc1ccc(CNc2ccc(NC(=O)c3ccc4c(c3)OCO4)nc2)cc1. The number of nitrogens with one attached hydrogen (secondary N) is 2. The van der Waals surface area contributed by atoms with Crippen LogP contribution in [0.2, 0.25) is 0 Å². The van der Waals surface area contributed by atoms with Gasteiger partial charge in [0.1, 0.15) is 11.6 Å². The Hall–Kier alpha value is -3.74. The minimum Gasteiger partial charge on any atom is -0.497 e. The molecule has 2 N–H and O–H groups in total. The van der Waals surface area contributed by atoms with E-state index >= 15 is 0 Å². The number of nitrogens with zero attached hydrogens (tertiary/aromatic N) is 1. The van der Waals surface area contributed by atoms with Crippen molar-refractivity contribution in [3.05, 3.63) is 71.9 Å². The van der Waals surface area contributed by atoms with Crippen molar-refractivity contribution in [2.75, 3.05) is 24.5 Å². The van der Waals surface area contributed by atoms with Crippen molar-refractivity contribution in [1.29, 1.82) is 0 Å². The van der Waals surface area contributed by atoms with Gasteiger partial charge in [-0.3, -0.25) is 4.79 Å². The maximum atomic E-state index is 12.4. The molecule has 0 saturated heterocycles. The van der Waals surface area contributed by atoms with E-state index in [1.165, 1.54) is 0 Å². The Balaban J connectivity index is 1.34. The maximum Gasteiger partial charge on any atom is 0.256 e. The highest BCUT2D eigenvalue weighted by molar-refractivity contribution is 6.04. The average molecular weight is 377 g/mol. The molecule has 142 valence electrons. The number of ether oxygens (including phenoxy) is 3. The summed E-state index contributed by atoms with van der Waals surface area (Å²) in [5.41, 5.74) is 2.46. The highest BCUT2D eigenvalue weighted by atomic mass is 16.7. The molecule has 0 aliphatic carbocycles. The van der Waals surface area contributed by atoms with Gasteiger partial charge in [0.15, 0.2) is 11.5 Å². The molecule has 1 aromatic heterocycles. The number of methoxy groups -OCH3 is 1. The Labute approximate surface area is 162 Å². The molecule has 0 radical (unpaired) electrons. The van der Waals surface area contributed by atoms with Gasteiger partial charge in [-0.2, -0.15) is 0 Å². The first-order valence-corrected chi connectivity index (χ1v) is 8.75. The molecule has 1 aliphatic heterocycles. The Morgan fingerprint density at radius 1 is 1.07 bits per heavy atom. The predicted octanol–water partition coefficient (Wildman–Crippen LogP) is 3.68. The molecule has 1 amide bonds. The third kappa shape index (κ3) is 3.98. The van der Waals surface area contributed by atoms with Crippen LogP contribution in [0.3, 0.4) is 0 Å². The lowest BCUT2D eigenvalue weighted by molar-refractivity contribution is 0.102. The molecule has 4 rings (SSSR count). The summed E-state index contributed by atoms with van der Waals surface area (Å²) in [7, 11) is 1.64. The van der Waals surface area contributed by atoms with E-state index in [9.17, 15) is 4.79 Å². The number of aromatic nitrogens is 1. The maximum absolute atomic E-state index is 12.4. The molecule has 0 bridgehead atoms. The third-order valence-corrected chi connectivity index (χ3v) is 4.30. The van der Waals surface area contributed by atoms with Crippen LogP contribution in [0, 0.1) is 0 Å². The van der Waals surface area contributed by atoms with Crippen LogP contribution in [0.4, 0.5) is 11.5 Å². The van der Waals surface area contributed by atoms with E-state index in [2.05, 4.69) is 15.6 Å². The van der Waals surface area contributed by atoms with Crippen LogP contribution in [0.1, 0.15) is 15.9 Å². The number of rotatable bonds is 6. The predicted molar refractivity (Wildman–Crippen MR) is 105 cm³/mol. The summed E-state index contributed by atoms with van der Waals surface area (Å²) in [6, 6.07) is 16.5. The lowest BCUT2D eigenvalue weighted by Gasteiger charge is -2.09. The van der Waals surface area contributed by atoms with Gasteiger partial charge in [-0.25, -0.2) is 4.98 Å². The monoisotopic (exact) mass is 377 g/mol. The molecule has 28 heavy (non-hydrogen) atoms. The molecule has 7 heteroatoms. The minimum atomic E-state index is -0.259. The van der Waals surface area contributed by atoms with Crippen molar-refractivity contribution >= 4 is 17.4 Å². The Kier molecular flexibility index (Phi) is 4.97. The first-order valence-electron chi connectivity index (χ1n) is 8.75. The van der Waals surface area contributed by atoms with Gasteiger partial charge in [0.25, 0.3) is 5.91 Å². The molecule has 0 atom stereocenters. The number of anilines is 2. The van der Waals surface area contributed by atoms with Gasteiger partial charge in [0.05, 0.1) is 19.0 Å². The van der Waals surface area contributed by atoms with Crippen LogP contribution in [0.5, 0.6) is 17.2 Å². The van der Waals surface area contributed by atoms with Gasteiger partial charge in [0.2, 0.25) is 6.79 Å². The highest BCUT2D eigenvalue weighted by Crippen LogP contribution is 2.32. The first kappa shape index (κ1) is 17.7. The topological polar surface area (TPSA) is 81.7 Å². The fourth-order valence-corrected chi connectivity index (χ4v) is 2.75. The van der Waals surface area contributed by atoms with E-state index in [-0.39, 0.29) is 12.7 Å². The van der Waals surface area contributed by atoms with Crippen molar-refractivity contribution in [2.24, 2.45) is 0 Å². The van der Waals surface area contributed by atoms with Crippen molar-refractivity contribution < 1.29 is 19.0 Å². The Bertz CT molecular complexity index is 972. The number of hydrogen-bond acceptors (Lipinski definition) is 6. The van der Waals surface area contributed by atoms with Gasteiger partial charge >= 0.3 is 0 Å². The fraction of sp³-hybridized carbons (Fsp3) is 0.143. The van der Waals surface area contributed by atoms with Gasteiger partial charge in [0, 0.05) is 12.1 Å². The summed E-state index contributed by atoms with van der Waals surface area (Å²) in [6.45, 7) is 0.835. The van der Waals surface area contributed by atoms with Gasteiger partial charge in [-0.1, -0.05) is 12.1 Å². The number of amides is 1. The van der Waals surface area contributed by atoms with Gasteiger partial charge in [-0.15, -0.1) is 0 Å². The number of pyridine rings is 1. The number of fused-ring (bicyclic) bond motifs is 1. The summed E-state index contributed by atoms with van der Waals surface area (Å²) in [5, 5.41) is 6.07. The zero-order chi connectivity index (χ0) is 19.3. The second kappa shape index (κ2) is 7.87. The molecule has 2 aromatic carbocycles. The van der Waals surface area contributed by atoms with Crippen molar-refractivity contribution in [2.45, 2.75) is 6.54 Å². The van der Waals surface area contributed by atoms with E-state index < -0.39 is 0 Å². The van der Waals surface area contributed by atoms with E-state index in [1.54, 1.807) is 37.6 Å². The quantitative estimate of drug-likeness (QED) is 0.682. The Morgan fingerprint density at radius 3 is 2.64 bits per heavy atom. The van der Waals surface area contributed by atoms with E-state index in [0.29, 0.717) is 29.4 Å². The lowest BCUT2D eigenvalue weighted by Crippen LogP contribution is -2.13. The van der Waals surface area contributed by atoms with Crippen molar-refractivity contribution in [1.82, 2.24) is 4.98 Å². The molecular weight excluding hydrogens is 358 g/mol. The summed E-state index contributed by atoms with van der Waals surface area (Å²) in [4.78, 5) is 16.7. The van der Waals surface area contributed by atoms with Crippen molar-refractivity contribution in [3.8, 4) is 17.2 Å². The standard InChI is InChI=1S/C21H19N3O4/c1-26-17-6-2-14(3-7-17)11-22-16-5-9-20(23-12-16)24-21(25)15-4-8-18-19(10-15)28-13-27-18/h2-10,12,22H,11,13H2,1H3,(H,23,24,25). The molecule has 2 heterocycles. The van der Waals surface area contributed by atoms with Crippen molar-refractivity contribution in [3.63, 3.8) is 0 Å². The van der Waals surface area contributed by atoms with E-state index in [4.69, 9.17) is 14.2 Å². The van der Waals surface area contributed by atoms with Crippen LogP contribution in [-0.2, 0) is 6.54 Å². The number of carbonyl (C=O) groups is 1. The number of benzene rings is 2. The second-order valence-electron chi connectivity index (χ2n) is 6.16. The largest absolute Gasteiger partial charge is 0.497 e. The van der Waals surface area contributed by atoms with Crippen LogP contribution >= 0.6 is 0 Å². The fourth-order valence-electron chi connectivity index (χ4n) is 2.75.